The van der Waals surface area contributed by atoms with Crippen LogP contribution in [0.1, 0.15) is 11.1 Å². The highest BCUT2D eigenvalue weighted by atomic mass is 19.1. The van der Waals surface area contributed by atoms with E-state index in [1.807, 2.05) is 36.4 Å². The van der Waals surface area contributed by atoms with Crippen LogP contribution in [0.25, 0.3) is 0 Å². The largest absolute Gasteiger partial charge is 0.489 e. The summed E-state index contributed by atoms with van der Waals surface area (Å²) >= 11 is 0. The molecule has 1 fully saturated rings. The minimum absolute atomic E-state index is 0.00325. The van der Waals surface area contributed by atoms with E-state index < -0.39 is 17.2 Å². The van der Waals surface area contributed by atoms with Crippen LogP contribution in [0, 0.1) is 11.6 Å². The van der Waals surface area contributed by atoms with Crippen molar-refractivity contribution in [3.8, 4) is 5.75 Å². The number of anilines is 1. The van der Waals surface area contributed by atoms with Crippen molar-refractivity contribution in [2.24, 2.45) is 0 Å². The molecule has 5 rings (SSSR count). The van der Waals surface area contributed by atoms with Crippen molar-refractivity contribution in [2.75, 3.05) is 37.6 Å². The minimum Gasteiger partial charge on any atom is -0.489 e. The molecule has 4 aromatic rings. The second-order valence-electron chi connectivity index (χ2n) is 9.15. The summed E-state index contributed by atoms with van der Waals surface area (Å²) in [6.45, 7) is 3.46. The maximum atomic E-state index is 14.7. The molecule has 10 heteroatoms. The van der Waals surface area contributed by atoms with Crippen LogP contribution >= 0.6 is 0 Å². The smallest absolute Gasteiger partial charge is 0.137 e. The molecule has 0 aliphatic carbocycles. The second kappa shape index (κ2) is 11.0. The molecule has 0 spiro atoms. The zero-order chi connectivity index (χ0) is 25.7. The van der Waals surface area contributed by atoms with Crippen LogP contribution in [-0.2, 0) is 18.8 Å². The summed E-state index contributed by atoms with van der Waals surface area (Å²) in [5, 5.41) is 15.7. The Morgan fingerprint density at radius 3 is 2.32 bits per heavy atom. The van der Waals surface area contributed by atoms with Gasteiger partial charge in [0.2, 0.25) is 0 Å². The van der Waals surface area contributed by atoms with Gasteiger partial charge in [0.05, 0.1) is 6.54 Å². The van der Waals surface area contributed by atoms with Gasteiger partial charge in [0, 0.05) is 62.4 Å². The molecule has 0 amide bonds. The van der Waals surface area contributed by atoms with Gasteiger partial charge in [-0.2, -0.15) is 5.10 Å². The van der Waals surface area contributed by atoms with E-state index >= 15 is 0 Å². The zero-order valence-electron chi connectivity index (χ0n) is 20.2. The Bertz CT molecular complexity index is 1280. The van der Waals surface area contributed by atoms with Gasteiger partial charge >= 0.3 is 0 Å². The summed E-state index contributed by atoms with van der Waals surface area (Å²) in [5.74, 6) is -0.682. The summed E-state index contributed by atoms with van der Waals surface area (Å²) in [6.07, 6.45) is 6.31. The van der Waals surface area contributed by atoms with E-state index in [-0.39, 0.29) is 18.7 Å². The molecule has 0 bridgehead atoms. The lowest BCUT2D eigenvalue weighted by molar-refractivity contribution is -0.0227. The highest BCUT2D eigenvalue weighted by Crippen LogP contribution is 2.29. The van der Waals surface area contributed by atoms with Gasteiger partial charge in [0.25, 0.3) is 0 Å². The predicted molar refractivity (Wildman–Crippen MR) is 134 cm³/mol. The standard InChI is InChI=1S/C27H28F2N6O2/c28-22-1-6-25(26(29)15-22)27(36,18-35-20-31-19-32-35)17-33-11-13-34(14-12-33)23-2-4-24(5-3-23)37-16-21-7-9-30-10-8-21/h1-10,15,19-20,36H,11-14,16-18H2. The Hall–Kier alpha value is -3.89. The first-order valence-electron chi connectivity index (χ1n) is 12.1. The molecule has 2 aromatic carbocycles. The van der Waals surface area contributed by atoms with Crippen LogP contribution in [0.5, 0.6) is 5.75 Å². The number of hydrogen-bond acceptors (Lipinski definition) is 7. The molecule has 0 radical (unpaired) electrons. The molecular formula is C27H28F2N6O2. The summed E-state index contributed by atoms with van der Waals surface area (Å²) in [7, 11) is 0. The number of pyridine rings is 1. The zero-order valence-corrected chi connectivity index (χ0v) is 20.2. The average Bonchev–Trinajstić information content (AvgIpc) is 3.41. The van der Waals surface area contributed by atoms with Gasteiger partial charge in [0.1, 0.15) is 42.2 Å². The van der Waals surface area contributed by atoms with E-state index in [1.54, 1.807) is 12.4 Å². The normalized spacial score (nSPS) is 15.9. The van der Waals surface area contributed by atoms with E-state index in [9.17, 15) is 13.9 Å². The van der Waals surface area contributed by atoms with Crippen molar-refractivity contribution in [2.45, 2.75) is 18.8 Å². The fourth-order valence-electron chi connectivity index (χ4n) is 4.60. The third-order valence-electron chi connectivity index (χ3n) is 6.54. The minimum atomic E-state index is -1.61. The summed E-state index contributed by atoms with van der Waals surface area (Å²) in [5.41, 5.74) is 0.564. The summed E-state index contributed by atoms with van der Waals surface area (Å²) in [4.78, 5) is 12.3. The number of piperazine rings is 1. The number of halogens is 2. The van der Waals surface area contributed by atoms with E-state index in [0.717, 1.165) is 42.2 Å². The first-order chi connectivity index (χ1) is 18.0. The molecular weight excluding hydrogens is 478 g/mol. The van der Waals surface area contributed by atoms with Gasteiger partial charge in [-0.1, -0.05) is 6.07 Å². The Morgan fingerprint density at radius 2 is 1.65 bits per heavy atom. The Morgan fingerprint density at radius 1 is 0.892 bits per heavy atom. The van der Waals surface area contributed by atoms with Crippen LogP contribution in [0.15, 0.2) is 79.6 Å². The molecule has 1 unspecified atom stereocenters. The molecule has 1 atom stereocenters. The first kappa shape index (κ1) is 24.8. The lowest BCUT2D eigenvalue weighted by Gasteiger charge is -2.40. The first-order valence-corrected chi connectivity index (χ1v) is 12.1. The fourth-order valence-corrected chi connectivity index (χ4v) is 4.60. The van der Waals surface area contributed by atoms with Crippen molar-refractivity contribution in [3.63, 3.8) is 0 Å². The van der Waals surface area contributed by atoms with Crippen LogP contribution in [0.3, 0.4) is 0 Å². The number of benzene rings is 2. The van der Waals surface area contributed by atoms with E-state index in [4.69, 9.17) is 4.74 Å². The van der Waals surface area contributed by atoms with Crippen LogP contribution in [0.4, 0.5) is 14.5 Å². The molecule has 1 N–H and O–H groups in total. The number of aromatic nitrogens is 4. The van der Waals surface area contributed by atoms with E-state index in [0.29, 0.717) is 19.7 Å². The Kier molecular flexibility index (Phi) is 7.38. The molecule has 1 aliphatic rings. The molecule has 1 saturated heterocycles. The van der Waals surface area contributed by atoms with Gasteiger partial charge in [-0.05, 0) is 48.0 Å². The molecule has 0 saturated carbocycles. The third-order valence-corrected chi connectivity index (χ3v) is 6.54. The molecule has 3 heterocycles. The molecule has 192 valence electrons. The van der Waals surface area contributed by atoms with Gasteiger partial charge in [-0.15, -0.1) is 0 Å². The number of hydrogen-bond donors (Lipinski definition) is 1. The summed E-state index contributed by atoms with van der Waals surface area (Å²) < 4.78 is 35.6. The SMILES string of the molecule is OC(CN1CCN(c2ccc(OCc3ccncc3)cc2)CC1)(Cn1cncn1)c1ccc(F)cc1F. The number of β-amino-alcohol motifs (C(OH)–C–C–N with tert-alkyl or cyclic N) is 1. The molecule has 8 nitrogen and oxygen atoms in total. The Labute approximate surface area is 213 Å². The van der Waals surface area contributed by atoms with E-state index in [2.05, 4.69) is 24.9 Å². The number of rotatable bonds is 9. The monoisotopic (exact) mass is 506 g/mol. The van der Waals surface area contributed by atoms with Crippen molar-refractivity contribution in [1.29, 1.82) is 0 Å². The number of nitrogens with zero attached hydrogens (tertiary/aromatic N) is 6. The van der Waals surface area contributed by atoms with Gasteiger partial charge < -0.3 is 14.7 Å². The Balaban J connectivity index is 1.21. The highest BCUT2D eigenvalue weighted by molar-refractivity contribution is 5.49. The predicted octanol–water partition coefficient (Wildman–Crippen LogP) is 3.24. The van der Waals surface area contributed by atoms with E-state index in [1.165, 1.54) is 23.4 Å². The highest BCUT2D eigenvalue weighted by Gasteiger charge is 2.36. The second-order valence-corrected chi connectivity index (χ2v) is 9.15. The van der Waals surface area contributed by atoms with Crippen LogP contribution in [-0.4, -0.2) is 62.5 Å². The summed E-state index contributed by atoms with van der Waals surface area (Å²) in [6, 6.07) is 15.1. The molecule has 37 heavy (non-hydrogen) atoms. The number of aliphatic hydroxyl groups is 1. The molecule has 1 aliphatic heterocycles. The fraction of sp³-hybridized carbons (Fsp3) is 0.296. The topological polar surface area (TPSA) is 79.5 Å². The van der Waals surface area contributed by atoms with Gasteiger partial charge in [-0.3, -0.25) is 9.88 Å². The van der Waals surface area contributed by atoms with Crippen LogP contribution < -0.4 is 9.64 Å². The van der Waals surface area contributed by atoms with Gasteiger partial charge in [-0.25, -0.2) is 18.4 Å². The lowest BCUT2D eigenvalue weighted by Crippen LogP contribution is -2.52. The maximum Gasteiger partial charge on any atom is 0.137 e. The van der Waals surface area contributed by atoms with Crippen molar-refractivity contribution in [1.82, 2.24) is 24.6 Å². The van der Waals surface area contributed by atoms with Crippen molar-refractivity contribution >= 4 is 5.69 Å². The molecule has 2 aromatic heterocycles. The maximum absolute atomic E-state index is 14.7. The number of ether oxygens (including phenoxy) is 1. The van der Waals surface area contributed by atoms with Gasteiger partial charge in [0.15, 0.2) is 0 Å². The van der Waals surface area contributed by atoms with Crippen LogP contribution in [0.2, 0.25) is 0 Å². The average molecular weight is 507 g/mol. The lowest BCUT2D eigenvalue weighted by atomic mass is 9.92. The van der Waals surface area contributed by atoms with Crippen molar-refractivity contribution in [3.05, 3.63) is 102 Å². The third kappa shape index (κ3) is 6.10. The quantitative estimate of drug-likeness (QED) is 0.373. The van der Waals surface area contributed by atoms with Crippen molar-refractivity contribution < 1.29 is 18.6 Å².